The van der Waals surface area contributed by atoms with Crippen molar-refractivity contribution in [3.8, 4) is 0 Å². The van der Waals surface area contributed by atoms with Crippen molar-refractivity contribution >= 4 is 15.5 Å². The highest BCUT2D eigenvalue weighted by atomic mass is 32.2. The molecule has 0 aliphatic heterocycles. The second kappa shape index (κ2) is 6.01. The quantitative estimate of drug-likeness (QED) is 0.628. The summed E-state index contributed by atoms with van der Waals surface area (Å²) in [5, 5.41) is 10.9. The van der Waals surface area contributed by atoms with E-state index in [2.05, 4.69) is 0 Å². The van der Waals surface area contributed by atoms with Gasteiger partial charge in [0.05, 0.1) is 10.7 Å². The third-order valence-corrected chi connectivity index (χ3v) is 4.74. The Labute approximate surface area is 121 Å². The Balaban J connectivity index is 2.24. The summed E-state index contributed by atoms with van der Waals surface area (Å²) in [5.41, 5.74) is 0.170. The Morgan fingerprint density at radius 1 is 1.05 bits per heavy atom. The molecule has 21 heavy (non-hydrogen) atoms. The fourth-order valence-corrected chi connectivity index (χ4v) is 3.31. The summed E-state index contributed by atoms with van der Waals surface area (Å²) >= 11 is 0. The summed E-state index contributed by atoms with van der Waals surface area (Å²) < 4.78 is 37.7. The molecule has 0 spiro atoms. The van der Waals surface area contributed by atoms with E-state index in [1.54, 1.807) is 6.07 Å². The summed E-state index contributed by atoms with van der Waals surface area (Å²) in [6.07, 6.45) is -0.0478. The Morgan fingerprint density at radius 2 is 1.67 bits per heavy atom. The van der Waals surface area contributed by atoms with Crippen LogP contribution in [0.5, 0.6) is 0 Å². The topological polar surface area (TPSA) is 77.3 Å². The van der Waals surface area contributed by atoms with Gasteiger partial charge in [0.15, 0.2) is 9.84 Å². The van der Waals surface area contributed by atoms with Crippen LogP contribution in [0, 0.1) is 15.9 Å². The van der Waals surface area contributed by atoms with Gasteiger partial charge in [0.25, 0.3) is 5.69 Å². The number of nitrogens with zero attached hydrogens (tertiary/aromatic N) is 1. The van der Waals surface area contributed by atoms with Crippen LogP contribution in [-0.4, -0.2) is 19.1 Å². The molecule has 5 nitrogen and oxygen atoms in total. The van der Waals surface area contributed by atoms with Crippen molar-refractivity contribution in [3.63, 3.8) is 0 Å². The number of halogens is 1. The van der Waals surface area contributed by atoms with Crippen molar-refractivity contribution < 1.29 is 17.7 Å². The Bertz CT molecular complexity index is 774. The van der Waals surface area contributed by atoms with E-state index in [0.717, 1.165) is 6.07 Å². The zero-order valence-corrected chi connectivity index (χ0v) is 11.7. The Hall–Kier alpha value is -2.28. The maximum absolute atomic E-state index is 13.5. The van der Waals surface area contributed by atoms with Gasteiger partial charge in [-0.1, -0.05) is 30.3 Å². The van der Waals surface area contributed by atoms with Crippen molar-refractivity contribution in [2.75, 3.05) is 5.75 Å². The summed E-state index contributed by atoms with van der Waals surface area (Å²) in [5.74, 6) is -1.21. The predicted octanol–water partition coefficient (Wildman–Crippen LogP) is 2.75. The summed E-state index contributed by atoms with van der Waals surface area (Å²) in [6, 6.07) is 11.0. The first-order valence-corrected chi connectivity index (χ1v) is 7.76. The molecular weight excluding hydrogens is 297 g/mol. The molecule has 0 aliphatic carbocycles. The molecule has 0 saturated heterocycles. The molecule has 2 aromatic carbocycles. The zero-order valence-electron chi connectivity index (χ0n) is 10.9. The number of benzene rings is 2. The number of aryl methyl sites for hydroxylation is 1. The van der Waals surface area contributed by atoms with Crippen molar-refractivity contribution in [2.45, 2.75) is 11.3 Å². The van der Waals surface area contributed by atoms with Crippen molar-refractivity contribution in [1.29, 1.82) is 0 Å². The first kappa shape index (κ1) is 15.1. The lowest BCUT2D eigenvalue weighted by atomic mass is 10.1. The molecule has 0 saturated carbocycles. The van der Waals surface area contributed by atoms with E-state index in [1.807, 2.05) is 0 Å². The van der Waals surface area contributed by atoms with E-state index >= 15 is 0 Å². The third kappa shape index (κ3) is 3.43. The van der Waals surface area contributed by atoms with Gasteiger partial charge in [-0.25, -0.2) is 12.8 Å². The second-order valence-corrected chi connectivity index (χ2v) is 6.46. The van der Waals surface area contributed by atoms with E-state index in [4.69, 9.17) is 0 Å². The van der Waals surface area contributed by atoms with Crippen molar-refractivity contribution in [1.82, 2.24) is 0 Å². The lowest BCUT2D eigenvalue weighted by Gasteiger charge is -2.06. The molecule has 0 atom stereocenters. The van der Waals surface area contributed by atoms with E-state index < -0.39 is 26.3 Å². The number of hydrogen-bond acceptors (Lipinski definition) is 4. The number of sulfone groups is 1. The van der Waals surface area contributed by atoms with Gasteiger partial charge in [0, 0.05) is 11.6 Å². The fraction of sp³-hybridized carbons (Fsp3) is 0.143. The highest BCUT2D eigenvalue weighted by molar-refractivity contribution is 7.91. The lowest BCUT2D eigenvalue weighted by Crippen LogP contribution is -2.11. The number of nitro groups is 1. The minimum atomic E-state index is -3.83. The van der Waals surface area contributed by atoms with E-state index in [1.165, 1.54) is 36.4 Å². The molecule has 0 unspecified atom stereocenters. The largest absolute Gasteiger partial charge is 0.272 e. The van der Waals surface area contributed by atoms with Crippen LogP contribution in [0.15, 0.2) is 53.4 Å². The minimum Gasteiger partial charge on any atom is -0.258 e. The fourth-order valence-electron chi connectivity index (χ4n) is 1.95. The van der Waals surface area contributed by atoms with Crippen molar-refractivity contribution in [2.24, 2.45) is 0 Å². The Morgan fingerprint density at radius 3 is 2.33 bits per heavy atom. The highest BCUT2D eigenvalue weighted by Gasteiger charge is 2.21. The molecule has 110 valence electrons. The molecular formula is C14H12FNO4S. The number of nitro benzene ring substituents is 1. The second-order valence-electron chi connectivity index (χ2n) is 4.39. The van der Waals surface area contributed by atoms with Gasteiger partial charge >= 0.3 is 0 Å². The van der Waals surface area contributed by atoms with Gasteiger partial charge in [-0.05, 0) is 18.6 Å². The minimum absolute atomic E-state index is 0.0478. The molecule has 0 fully saturated rings. The van der Waals surface area contributed by atoms with E-state index in [0.29, 0.717) is 5.56 Å². The zero-order chi connectivity index (χ0) is 15.5. The summed E-state index contributed by atoms with van der Waals surface area (Å²) in [6.45, 7) is 0. The smallest absolute Gasteiger partial charge is 0.258 e. The van der Waals surface area contributed by atoms with Crippen LogP contribution in [-0.2, 0) is 16.3 Å². The predicted molar refractivity (Wildman–Crippen MR) is 75.3 cm³/mol. The summed E-state index contributed by atoms with van der Waals surface area (Å²) in [7, 11) is -3.83. The lowest BCUT2D eigenvalue weighted by molar-refractivity contribution is -0.385. The molecule has 0 heterocycles. The standard InChI is InChI=1S/C14H12FNO4S/c15-12-6-2-4-8-14(12)21(19,20)10-9-11-5-1-3-7-13(11)16(17)18/h1-8H,9-10H2. The maximum atomic E-state index is 13.5. The molecule has 2 rings (SSSR count). The molecule has 0 bridgehead atoms. The average Bonchev–Trinajstić information content (AvgIpc) is 2.45. The SMILES string of the molecule is O=[N+]([O-])c1ccccc1CCS(=O)(=O)c1ccccc1F. The average molecular weight is 309 g/mol. The first-order valence-electron chi connectivity index (χ1n) is 6.11. The first-order chi connectivity index (χ1) is 9.92. The van der Waals surface area contributed by atoms with Crippen LogP contribution in [0.1, 0.15) is 5.56 Å². The third-order valence-electron chi connectivity index (χ3n) is 3.00. The highest BCUT2D eigenvalue weighted by Crippen LogP contribution is 2.21. The molecule has 2 aromatic rings. The molecule has 7 heteroatoms. The van der Waals surface area contributed by atoms with E-state index in [9.17, 15) is 22.9 Å². The molecule has 0 amide bonds. The van der Waals surface area contributed by atoms with Crippen LogP contribution >= 0.6 is 0 Å². The molecule has 0 aliphatic rings. The molecule has 0 N–H and O–H groups in total. The Kier molecular flexibility index (Phi) is 4.32. The van der Waals surface area contributed by atoms with Crippen molar-refractivity contribution in [3.05, 3.63) is 70.0 Å². The van der Waals surface area contributed by atoms with Crippen LogP contribution < -0.4 is 0 Å². The van der Waals surface area contributed by atoms with Crippen LogP contribution in [0.25, 0.3) is 0 Å². The van der Waals surface area contributed by atoms with Crippen LogP contribution in [0.3, 0.4) is 0 Å². The number of para-hydroxylation sites is 1. The number of hydrogen-bond donors (Lipinski definition) is 0. The molecule has 0 aromatic heterocycles. The van der Waals surface area contributed by atoms with Crippen LogP contribution in [0.4, 0.5) is 10.1 Å². The number of rotatable bonds is 5. The molecule has 0 radical (unpaired) electrons. The monoisotopic (exact) mass is 309 g/mol. The normalized spacial score (nSPS) is 11.3. The van der Waals surface area contributed by atoms with Gasteiger partial charge in [-0.15, -0.1) is 0 Å². The van der Waals surface area contributed by atoms with Gasteiger partial charge in [0.2, 0.25) is 0 Å². The van der Waals surface area contributed by atoms with E-state index in [-0.39, 0.29) is 17.0 Å². The van der Waals surface area contributed by atoms with Gasteiger partial charge in [0.1, 0.15) is 10.7 Å². The maximum Gasteiger partial charge on any atom is 0.272 e. The van der Waals surface area contributed by atoms with Gasteiger partial charge in [-0.3, -0.25) is 10.1 Å². The van der Waals surface area contributed by atoms with Gasteiger partial charge in [-0.2, -0.15) is 0 Å². The summed E-state index contributed by atoms with van der Waals surface area (Å²) in [4.78, 5) is 9.92. The van der Waals surface area contributed by atoms with Crippen LogP contribution in [0.2, 0.25) is 0 Å². The van der Waals surface area contributed by atoms with Gasteiger partial charge < -0.3 is 0 Å².